The van der Waals surface area contributed by atoms with E-state index < -0.39 is 0 Å². The predicted molar refractivity (Wildman–Crippen MR) is 121 cm³/mol. The molecular weight excluding hydrogens is 453 g/mol. The zero-order valence-corrected chi connectivity index (χ0v) is 19.2. The van der Waals surface area contributed by atoms with Crippen LogP contribution in [0.15, 0.2) is 29.3 Å². The van der Waals surface area contributed by atoms with Crippen LogP contribution in [0.1, 0.15) is 38.7 Å². The molecule has 2 saturated heterocycles. The van der Waals surface area contributed by atoms with Crippen molar-refractivity contribution in [2.75, 3.05) is 40.0 Å². The van der Waals surface area contributed by atoms with E-state index in [0.717, 1.165) is 57.6 Å². The van der Waals surface area contributed by atoms with Gasteiger partial charge in [0.15, 0.2) is 5.96 Å². The number of halogens is 1. The molecule has 0 saturated carbocycles. The number of hydrogen-bond donors (Lipinski definition) is 1. The topological polar surface area (TPSA) is 46.1 Å². The molecule has 1 aromatic carbocycles. The standard InChI is InChI=1S/C21H33N3O2.HI/c1-17(2)8-12-26-19-7-5-4-6-18(19)14-23-20(22-3)24-11-9-21(15-24)10-13-25-16-21;/h4-7,17H,8-16H2,1-3H3,(H,22,23);1H. The van der Waals surface area contributed by atoms with Gasteiger partial charge in [-0.3, -0.25) is 4.99 Å². The predicted octanol–water partition coefficient (Wildman–Crippen LogP) is 3.92. The SMILES string of the molecule is CN=C(NCc1ccccc1OCCC(C)C)N1CCC2(CCOC2)C1.I. The number of benzene rings is 1. The fourth-order valence-corrected chi connectivity index (χ4v) is 3.79. The zero-order chi connectivity index (χ0) is 18.4. The summed E-state index contributed by atoms with van der Waals surface area (Å²) in [6, 6.07) is 8.28. The normalized spacial score (nSPS) is 22.4. The van der Waals surface area contributed by atoms with Crippen molar-refractivity contribution in [1.29, 1.82) is 0 Å². The molecular formula is C21H34IN3O2. The van der Waals surface area contributed by atoms with Gasteiger partial charge in [-0.1, -0.05) is 32.0 Å². The Kier molecular flexibility index (Phi) is 8.66. The van der Waals surface area contributed by atoms with Crippen LogP contribution in [-0.2, 0) is 11.3 Å². The van der Waals surface area contributed by atoms with Gasteiger partial charge in [-0.25, -0.2) is 0 Å². The van der Waals surface area contributed by atoms with E-state index in [-0.39, 0.29) is 24.0 Å². The first-order valence-electron chi connectivity index (χ1n) is 9.86. The lowest BCUT2D eigenvalue weighted by Gasteiger charge is -2.25. The van der Waals surface area contributed by atoms with Crippen LogP contribution in [0.4, 0.5) is 0 Å². The van der Waals surface area contributed by atoms with Gasteiger partial charge < -0.3 is 19.7 Å². The summed E-state index contributed by atoms with van der Waals surface area (Å²) < 4.78 is 11.6. The second kappa shape index (κ2) is 10.5. The Morgan fingerprint density at radius 3 is 2.85 bits per heavy atom. The lowest BCUT2D eigenvalue weighted by Crippen LogP contribution is -2.41. The van der Waals surface area contributed by atoms with E-state index >= 15 is 0 Å². The van der Waals surface area contributed by atoms with E-state index in [1.165, 1.54) is 18.4 Å². The molecule has 2 heterocycles. The first-order valence-corrected chi connectivity index (χ1v) is 9.86. The van der Waals surface area contributed by atoms with Gasteiger partial charge in [-0.05, 0) is 31.2 Å². The van der Waals surface area contributed by atoms with Crippen LogP contribution in [0.5, 0.6) is 5.75 Å². The van der Waals surface area contributed by atoms with Crippen LogP contribution in [0, 0.1) is 11.3 Å². The maximum Gasteiger partial charge on any atom is 0.193 e. The highest BCUT2D eigenvalue weighted by Gasteiger charge is 2.42. The van der Waals surface area contributed by atoms with Gasteiger partial charge in [0, 0.05) is 44.3 Å². The molecule has 1 N–H and O–H groups in total. The molecule has 1 atom stereocenters. The summed E-state index contributed by atoms with van der Waals surface area (Å²) in [5.41, 5.74) is 1.52. The molecule has 3 rings (SSSR count). The molecule has 2 aliphatic rings. The fourth-order valence-electron chi connectivity index (χ4n) is 3.79. The molecule has 27 heavy (non-hydrogen) atoms. The summed E-state index contributed by atoms with van der Waals surface area (Å²) in [5.74, 6) is 2.60. The summed E-state index contributed by atoms with van der Waals surface area (Å²) in [5, 5.41) is 3.53. The number of nitrogens with one attached hydrogen (secondary N) is 1. The molecule has 0 amide bonds. The number of ether oxygens (including phenoxy) is 2. The minimum atomic E-state index is 0. The molecule has 0 radical (unpaired) electrons. The van der Waals surface area contributed by atoms with Gasteiger partial charge in [-0.15, -0.1) is 24.0 Å². The minimum Gasteiger partial charge on any atom is -0.493 e. The van der Waals surface area contributed by atoms with Crippen molar-refractivity contribution in [1.82, 2.24) is 10.2 Å². The maximum absolute atomic E-state index is 6.01. The smallest absolute Gasteiger partial charge is 0.193 e. The number of guanidine groups is 1. The van der Waals surface area contributed by atoms with E-state index in [2.05, 4.69) is 47.3 Å². The van der Waals surface area contributed by atoms with Gasteiger partial charge in [0.05, 0.1) is 13.2 Å². The highest BCUT2D eigenvalue weighted by Crippen LogP contribution is 2.38. The molecule has 6 heteroatoms. The molecule has 2 aliphatic heterocycles. The largest absolute Gasteiger partial charge is 0.493 e. The van der Waals surface area contributed by atoms with E-state index in [9.17, 15) is 0 Å². The summed E-state index contributed by atoms with van der Waals surface area (Å²) in [6.07, 6.45) is 3.44. The van der Waals surface area contributed by atoms with Crippen molar-refractivity contribution in [3.05, 3.63) is 29.8 Å². The van der Waals surface area contributed by atoms with E-state index in [0.29, 0.717) is 11.3 Å². The number of hydrogen-bond acceptors (Lipinski definition) is 3. The first-order chi connectivity index (χ1) is 12.6. The monoisotopic (exact) mass is 487 g/mol. The lowest BCUT2D eigenvalue weighted by atomic mass is 9.87. The van der Waals surface area contributed by atoms with Crippen molar-refractivity contribution >= 4 is 29.9 Å². The third-order valence-corrected chi connectivity index (χ3v) is 5.50. The first kappa shape index (κ1) is 22.3. The Morgan fingerprint density at radius 2 is 2.15 bits per heavy atom. The Bertz CT molecular complexity index is 615. The van der Waals surface area contributed by atoms with Crippen LogP contribution in [0.25, 0.3) is 0 Å². The molecule has 0 aliphatic carbocycles. The third-order valence-electron chi connectivity index (χ3n) is 5.50. The number of aliphatic imine (C=N–C) groups is 1. The minimum absolute atomic E-state index is 0. The summed E-state index contributed by atoms with van der Waals surface area (Å²) in [6.45, 7) is 9.82. The van der Waals surface area contributed by atoms with Crippen LogP contribution in [-0.4, -0.2) is 50.8 Å². The average Bonchev–Trinajstić information content (AvgIpc) is 3.27. The van der Waals surface area contributed by atoms with Crippen LogP contribution in [0.2, 0.25) is 0 Å². The average molecular weight is 487 g/mol. The van der Waals surface area contributed by atoms with Gasteiger partial charge in [0.25, 0.3) is 0 Å². The Balaban J connectivity index is 0.00000261. The van der Waals surface area contributed by atoms with Crippen LogP contribution < -0.4 is 10.1 Å². The van der Waals surface area contributed by atoms with Crippen molar-refractivity contribution in [2.24, 2.45) is 16.3 Å². The van der Waals surface area contributed by atoms with E-state index in [1.807, 2.05) is 13.1 Å². The molecule has 1 aromatic rings. The Hall–Kier alpha value is -1.02. The van der Waals surface area contributed by atoms with Gasteiger partial charge >= 0.3 is 0 Å². The van der Waals surface area contributed by atoms with Gasteiger partial charge in [0.2, 0.25) is 0 Å². The highest BCUT2D eigenvalue weighted by molar-refractivity contribution is 14.0. The second-order valence-electron chi connectivity index (χ2n) is 8.01. The molecule has 0 aromatic heterocycles. The third kappa shape index (κ3) is 5.98. The summed E-state index contributed by atoms with van der Waals surface area (Å²) >= 11 is 0. The summed E-state index contributed by atoms with van der Waals surface area (Å²) in [7, 11) is 1.86. The van der Waals surface area contributed by atoms with Crippen molar-refractivity contribution < 1.29 is 9.47 Å². The molecule has 0 bridgehead atoms. The Morgan fingerprint density at radius 1 is 1.33 bits per heavy atom. The molecule has 1 spiro atoms. The Labute approximate surface area is 180 Å². The quantitative estimate of drug-likeness (QED) is 0.376. The van der Waals surface area contributed by atoms with E-state index in [1.54, 1.807) is 0 Å². The second-order valence-corrected chi connectivity index (χ2v) is 8.01. The van der Waals surface area contributed by atoms with Gasteiger partial charge in [0.1, 0.15) is 5.75 Å². The van der Waals surface area contributed by atoms with Crippen LogP contribution >= 0.6 is 24.0 Å². The molecule has 152 valence electrons. The number of likely N-dealkylation sites (tertiary alicyclic amines) is 1. The van der Waals surface area contributed by atoms with Crippen molar-refractivity contribution in [3.63, 3.8) is 0 Å². The molecule has 1 unspecified atom stereocenters. The lowest BCUT2D eigenvalue weighted by molar-refractivity contribution is 0.156. The maximum atomic E-state index is 6.01. The van der Waals surface area contributed by atoms with E-state index in [4.69, 9.17) is 9.47 Å². The highest BCUT2D eigenvalue weighted by atomic mass is 127. The van der Waals surface area contributed by atoms with Crippen molar-refractivity contribution in [2.45, 2.75) is 39.7 Å². The number of nitrogens with zero attached hydrogens (tertiary/aromatic N) is 2. The number of para-hydroxylation sites is 1. The van der Waals surface area contributed by atoms with Crippen LogP contribution in [0.3, 0.4) is 0 Å². The zero-order valence-electron chi connectivity index (χ0n) is 16.9. The molecule has 2 fully saturated rings. The summed E-state index contributed by atoms with van der Waals surface area (Å²) in [4.78, 5) is 6.88. The number of rotatable bonds is 6. The van der Waals surface area contributed by atoms with Crippen molar-refractivity contribution in [3.8, 4) is 5.75 Å². The molecule has 5 nitrogen and oxygen atoms in total. The van der Waals surface area contributed by atoms with Gasteiger partial charge in [-0.2, -0.15) is 0 Å². The fraction of sp³-hybridized carbons (Fsp3) is 0.667.